The molecule has 0 aliphatic heterocycles. The summed E-state index contributed by atoms with van der Waals surface area (Å²) in [5.41, 5.74) is 1.42. The molecule has 0 radical (unpaired) electrons. The number of aryl methyl sites for hydroxylation is 1. The second-order valence-electron chi connectivity index (χ2n) is 7.38. The third kappa shape index (κ3) is 6.60. The number of sulfonamides is 1. The Morgan fingerprint density at radius 2 is 1.79 bits per heavy atom. The van der Waals surface area contributed by atoms with Gasteiger partial charge in [-0.25, -0.2) is 8.42 Å². The van der Waals surface area contributed by atoms with E-state index >= 15 is 0 Å². The number of amides is 1. The van der Waals surface area contributed by atoms with Crippen molar-refractivity contribution in [1.29, 1.82) is 0 Å². The van der Waals surface area contributed by atoms with E-state index in [0.29, 0.717) is 18.2 Å². The number of carbonyl (C=O) groups excluding carboxylic acids is 1. The highest BCUT2D eigenvalue weighted by Crippen LogP contribution is 2.24. The maximum absolute atomic E-state index is 13.3. The van der Waals surface area contributed by atoms with Crippen molar-refractivity contribution < 1.29 is 13.2 Å². The zero-order valence-corrected chi connectivity index (χ0v) is 18.4. The summed E-state index contributed by atoms with van der Waals surface area (Å²) in [6, 6.07) is 15.4. The molecule has 0 heterocycles. The van der Waals surface area contributed by atoms with Gasteiger partial charge in [0.15, 0.2) is 0 Å². The fraction of sp³-hybridized carbons (Fsp3) is 0.435. The normalized spacial score (nSPS) is 12.4. The number of unbranched alkanes of at least 4 members (excludes halogenated alkanes) is 1. The lowest BCUT2D eigenvalue weighted by Gasteiger charge is -2.25. The van der Waals surface area contributed by atoms with Crippen molar-refractivity contribution in [2.75, 3.05) is 17.4 Å². The average Bonchev–Trinajstić information content (AvgIpc) is 2.72. The third-order valence-corrected chi connectivity index (χ3v) is 6.83. The summed E-state index contributed by atoms with van der Waals surface area (Å²) in [5, 5.41) is 2.94. The zero-order valence-electron chi connectivity index (χ0n) is 17.6. The van der Waals surface area contributed by atoms with Crippen LogP contribution in [0, 0.1) is 12.8 Å². The van der Waals surface area contributed by atoms with Gasteiger partial charge in [0.1, 0.15) is 6.54 Å². The van der Waals surface area contributed by atoms with Gasteiger partial charge >= 0.3 is 0 Å². The van der Waals surface area contributed by atoms with Crippen molar-refractivity contribution in [3.63, 3.8) is 0 Å². The number of hydrogen-bond donors (Lipinski definition) is 1. The molecule has 0 bridgehead atoms. The highest BCUT2D eigenvalue weighted by Gasteiger charge is 2.27. The van der Waals surface area contributed by atoms with E-state index in [1.54, 1.807) is 48.5 Å². The molecule has 1 N–H and O–H groups in total. The van der Waals surface area contributed by atoms with Crippen LogP contribution in [0.5, 0.6) is 0 Å². The Balaban J connectivity index is 2.21. The average molecular weight is 417 g/mol. The van der Waals surface area contributed by atoms with E-state index in [1.807, 2.05) is 13.0 Å². The van der Waals surface area contributed by atoms with Crippen molar-refractivity contribution in [3.05, 3.63) is 60.2 Å². The molecule has 0 unspecified atom stereocenters. The van der Waals surface area contributed by atoms with Gasteiger partial charge in [0, 0.05) is 6.54 Å². The van der Waals surface area contributed by atoms with Crippen molar-refractivity contribution in [1.82, 2.24) is 5.32 Å². The molecule has 0 aliphatic rings. The predicted molar refractivity (Wildman–Crippen MR) is 118 cm³/mol. The summed E-state index contributed by atoms with van der Waals surface area (Å²) in [6.07, 6.45) is 4.31. The van der Waals surface area contributed by atoms with E-state index in [0.717, 1.165) is 31.2 Å². The van der Waals surface area contributed by atoms with Crippen LogP contribution >= 0.6 is 0 Å². The van der Waals surface area contributed by atoms with Crippen LogP contribution in [0.25, 0.3) is 0 Å². The first-order valence-corrected chi connectivity index (χ1v) is 11.7. The number of rotatable bonds is 11. The van der Waals surface area contributed by atoms with Crippen LogP contribution in [-0.4, -0.2) is 27.4 Å². The first kappa shape index (κ1) is 22.9. The Morgan fingerprint density at radius 1 is 1.07 bits per heavy atom. The second kappa shape index (κ2) is 11.0. The third-order valence-electron chi connectivity index (χ3n) is 5.04. The summed E-state index contributed by atoms with van der Waals surface area (Å²) < 4.78 is 27.7. The van der Waals surface area contributed by atoms with Gasteiger partial charge in [-0.15, -0.1) is 0 Å². The van der Waals surface area contributed by atoms with E-state index in [-0.39, 0.29) is 17.3 Å². The number of anilines is 1. The molecule has 0 saturated carbocycles. The number of nitrogens with one attached hydrogen (secondary N) is 1. The molecular formula is C23H32N2O3S. The predicted octanol–water partition coefficient (Wildman–Crippen LogP) is 4.52. The minimum Gasteiger partial charge on any atom is -0.354 e. The molecule has 0 saturated heterocycles. The second-order valence-corrected chi connectivity index (χ2v) is 9.25. The van der Waals surface area contributed by atoms with Crippen molar-refractivity contribution in [2.45, 2.75) is 51.3 Å². The molecule has 6 heteroatoms. The maximum atomic E-state index is 13.3. The van der Waals surface area contributed by atoms with Gasteiger partial charge in [-0.2, -0.15) is 0 Å². The molecule has 1 atom stereocenters. The van der Waals surface area contributed by atoms with E-state index in [9.17, 15) is 13.2 Å². The summed E-state index contributed by atoms with van der Waals surface area (Å²) in [7, 11) is -3.85. The molecule has 0 spiro atoms. The van der Waals surface area contributed by atoms with Gasteiger partial charge in [0.25, 0.3) is 10.0 Å². The van der Waals surface area contributed by atoms with E-state index < -0.39 is 10.0 Å². The van der Waals surface area contributed by atoms with Crippen LogP contribution in [0.1, 0.15) is 45.1 Å². The zero-order chi connectivity index (χ0) is 21.3. The van der Waals surface area contributed by atoms with Gasteiger partial charge in [-0.1, -0.05) is 63.4 Å². The van der Waals surface area contributed by atoms with Gasteiger partial charge in [0.2, 0.25) is 5.91 Å². The number of hydrogen-bond acceptors (Lipinski definition) is 3. The number of carbonyl (C=O) groups is 1. The quantitative estimate of drug-likeness (QED) is 0.585. The standard InChI is InChI=1S/C23H32N2O3S/c1-4-6-12-20(5-2)17-24-23(26)18-25(21-13-10-11-19(3)16-21)29(27,28)22-14-8-7-9-15-22/h7-11,13-16,20H,4-6,12,17-18H2,1-3H3,(H,24,26)/t20-/m0/s1. The Bertz CT molecular complexity index is 882. The SMILES string of the molecule is CCCC[C@H](CC)CNC(=O)CN(c1cccc(C)c1)S(=O)(=O)c1ccccc1. The van der Waals surface area contributed by atoms with E-state index in [2.05, 4.69) is 19.2 Å². The lowest BCUT2D eigenvalue weighted by molar-refractivity contribution is -0.119. The highest BCUT2D eigenvalue weighted by atomic mass is 32.2. The highest BCUT2D eigenvalue weighted by molar-refractivity contribution is 7.92. The van der Waals surface area contributed by atoms with Crippen LogP contribution < -0.4 is 9.62 Å². The van der Waals surface area contributed by atoms with Crippen molar-refractivity contribution in [3.8, 4) is 0 Å². The first-order chi connectivity index (χ1) is 13.9. The molecule has 158 valence electrons. The minimum atomic E-state index is -3.85. The molecule has 2 aromatic carbocycles. The van der Waals surface area contributed by atoms with Crippen molar-refractivity contribution in [2.24, 2.45) is 5.92 Å². The van der Waals surface area contributed by atoms with Gasteiger partial charge < -0.3 is 5.32 Å². The van der Waals surface area contributed by atoms with Gasteiger partial charge in [0.05, 0.1) is 10.6 Å². The fourth-order valence-corrected chi connectivity index (χ4v) is 4.64. The molecule has 0 aromatic heterocycles. The Morgan fingerprint density at radius 3 is 2.41 bits per heavy atom. The molecule has 0 fully saturated rings. The number of nitrogens with zero attached hydrogens (tertiary/aromatic N) is 1. The molecule has 2 aromatic rings. The first-order valence-electron chi connectivity index (χ1n) is 10.3. The van der Waals surface area contributed by atoms with Crippen LogP contribution in [0.3, 0.4) is 0 Å². The van der Waals surface area contributed by atoms with Crippen LogP contribution in [-0.2, 0) is 14.8 Å². The van der Waals surface area contributed by atoms with Crippen LogP contribution in [0.4, 0.5) is 5.69 Å². The topological polar surface area (TPSA) is 66.5 Å². The van der Waals surface area contributed by atoms with Gasteiger partial charge in [-0.3, -0.25) is 9.10 Å². The number of benzene rings is 2. The lowest BCUT2D eigenvalue weighted by atomic mass is 9.99. The Hall–Kier alpha value is -2.34. The van der Waals surface area contributed by atoms with Crippen LogP contribution in [0.15, 0.2) is 59.5 Å². The molecular weight excluding hydrogens is 384 g/mol. The molecule has 1 amide bonds. The fourth-order valence-electron chi connectivity index (χ4n) is 3.21. The summed E-state index contributed by atoms with van der Waals surface area (Å²) in [5.74, 6) is 0.123. The smallest absolute Gasteiger partial charge is 0.264 e. The molecule has 29 heavy (non-hydrogen) atoms. The summed E-state index contributed by atoms with van der Waals surface area (Å²) in [6.45, 7) is 6.49. The largest absolute Gasteiger partial charge is 0.354 e. The van der Waals surface area contributed by atoms with Crippen LogP contribution in [0.2, 0.25) is 0 Å². The summed E-state index contributed by atoms with van der Waals surface area (Å²) >= 11 is 0. The van der Waals surface area contributed by atoms with E-state index in [1.165, 1.54) is 4.31 Å². The molecule has 2 rings (SSSR count). The minimum absolute atomic E-state index is 0.170. The summed E-state index contributed by atoms with van der Waals surface area (Å²) in [4.78, 5) is 12.8. The maximum Gasteiger partial charge on any atom is 0.264 e. The van der Waals surface area contributed by atoms with Gasteiger partial charge in [-0.05, 0) is 49.1 Å². The van der Waals surface area contributed by atoms with Crippen molar-refractivity contribution >= 4 is 21.6 Å². The molecule has 5 nitrogen and oxygen atoms in total. The van der Waals surface area contributed by atoms with E-state index in [4.69, 9.17) is 0 Å². The monoisotopic (exact) mass is 416 g/mol. The lowest BCUT2D eigenvalue weighted by Crippen LogP contribution is -2.42. The Kier molecular flexibility index (Phi) is 8.70. The Labute approximate surface area is 175 Å². The molecule has 0 aliphatic carbocycles.